The molecule has 0 aliphatic heterocycles. The van der Waals surface area contributed by atoms with Gasteiger partial charge < -0.3 is 18.8 Å². The van der Waals surface area contributed by atoms with Gasteiger partial charge in [-0.2, -0.15) is 5.10 Å². The minimum Gasteiger partial charge on any atom is -0.493 e. The van der Waals surface area contributed by atoms with E-state index in [4.69, 9.17) is 14.2 Å². The number of imidazole rings is 1. The Labute approximate surface area is 172 Å². The molecule has 0 aliphatic carbocycles. The fourth-order valence-corrected chi connectivity index (χ4v) is 3.07. The molecule has 2 heterocycles. The van der Waals surface area contributed by atoms with Crippen LogP contribution >= 0.6 is 0 Å². The molecule has 0 bridgehead atoms. The van der Waals surface area contributed by atoms with Crippen LogP contribution in [0.4, 0.5) is 5.95 Å². The van der Waals surface area contributed by atoms with E-state index in [-0.39, 0.29) is 18.3 Å². The molecular weight excluding hydrogens is 386 g/mol. The lowest BCUT2D eigenvalue weighted by Crippen LogP contribution is -2.16. The van der Waals surface area contributed by atoms with E-state index >= 15 is 0 Å². The van der Waals surface area contributed by atoms with Crippen molar-refractivity contribution in [3.05, 3.63) is 60.4 Å². The Balaban J connectivity index is 1.46. The van der Waals surface area contributed by atoms with Crippen molar-refractivity contribution in [2.75, 3.05) is 19.5 Å². The van der Waals surface area contributed by atoms with Gasteiger partial charge in [0.2, 0.25) is 11.7 Å². The SMILES string of the molecule is COc1cccc(OC)c1OCn1ccc(C(=O)Nc2nc3ccccc3n2C)n1. The number of nitrogens with zero attached hydrogens (tertiary/aromatic N) is 4. The van der Waals surface area contributed by atoms with Crippen LogP contribution in [0.2, 0.25) is 0 Å². The second kappa shape index (κ2) is 8.16. The van der Waals surface area contributed by atoms with Crippen LogP contribution in [0.25, 0.3) is 11.0 Å². The maximum atomic E-state index is 12.6. The summed E-state index contributed by atoms with van der Waals surface area (Å²) in [4.78, 5) is 17.1. The molecule has 30 heavy (non-hydrogen) atoms. The average Bonchev–Trinajstić information content (AvgIpc) is 3.37. The number of aryl methyl sites for hydroxylation is 1. The summed E-state index contributed by atoms with van der Waals surface area (Å²) in [5.41, 5.74) is 1.98. The Morgan fingerprint density at radius 3 is 2.47 bits per heavy atom. The number of para-hydroxylation sites is 3. The molecule has 2 aromatic heterocycles. The summed E-state index contributed by atoms with van der Waals surface area (Å²) in [6, 6.07) is 14.6. The Kier molecular flexibility index (Phi) is 5.25. The number of fused-ring (bicyclic) bond motifs is 1. The van der Waals surface area contributed by atoms with Crippen LogP contribution in [0.1, 0.15) is 10.5 Å². The first-order valence-electron chi connectivity index (χ1n) is 9.20. The largest absolute Gasteiger partial charge is 0.493 e. The van der Waals surface area contributed by atoms with Crippen LogP contribution in [0.15, 0.2) is 54.7 Å². The second-order valence-electron chi connectivity index (χ2n) is 6.44. The van der Waals surface area contributed by atoms with Crippen molar-refractivity contribution in [1.82, 2.24) is 19.3 Å². The van der Waals surface area contributed by atoms with Crippen molar-refractivity contribution in [2.45, 2.75) is 6.73 Å². The molecule has 154 valence electrons. The van der Waals surface area contributed by atoms with E-state index in [9.17, 15) is 4.79 Å². The van der Waals surface area contributed by atoms with Gasteiger partial charge in [-0.1, -0.05) is 18.2 Å². The summed E-state index contributed by atoms with van der Waals surface area (Å²) in [6.45, 7) is 0.0797. The molecule has 4 rings (SSSR count). The zero-order valence-electron chi connectivity index (χ0n) is 16.8. The number of methoxy groups -OCH3 is 2. The number of amides is 1. The minimum atomic E-state index is -0.359. The zero-order chi connectivity index (χ0) is 21.1. The predicted molar refractivity (Wildman–Crippen MR) is 111 cm³/mol. The normalized spacial score (nSPS) is 10.8. The summed E-state index contributed by atoms with van der Waals surface area (Å²) in [6.07, 6.45) is 1.66. The van der Waals surface area contributed by atoms with E-state index in [0.717, 1.165) is 11.0 Å². The maximum Gasteiger partial charge on any atom is 0.278 e. The van der Waals surface area contributed by atoms with Crippen molar-refractivity contribution in [1.29, 1.82) is 0 Å². The van der Waals surface area contributed by atoms with E-state index in [1.165, 1.54) is 4.68 Å². The highest BCUT2D eigenvalue weighted by atomic mass is 16.5. The standard InChI is InChI=1S/C21H21N5O4/c1-25-16-8-5-4-7-14(16)22-21(25)23-20(27)15-11-12-26(24-15)13-30-19-17(28-2)9-6-10-18(19)29-3/h4-12H,13H2,1-3H3,(H,22,23,27). The third-order valence-electron chi connectivity index (χ3n) is 4.61. The van der Waals surface area contributed by atoms with Crippen molar-refractivity contribution < 1.29 is 19.0 Å². The average molecular weight is 407 g/mol. The highest BCUT2D eigenvalue weighted by Crippen LogP contribution is 2.36. The van der Waals surface area contributed by atoms with Gasteiger partial charge in [0.25, 0.3) is 5.91 Å². The second-order valence-corrected chi connectivity index (χ2v) is 6.44. The molecule has 0 fully saturated rings. The summed E-state index contributed by atoms with van der Waals surface area (Å²) in [5.74, 6) is 1.64. The molecule has 1 N–H and O–H groups in total. The van der Waals surface area contributed by atoms with Crippen molar-refractivity contribution >= 4 is 22.9 Å². The van der Waals surface area contributed by atoms with Gasteiger partial charge >= 0.3 is 0 Å². The van der Waals surface area contributed by atoms with E-state index in [1.807, 2.05) is 41.9 Å². The number of hydrogen-bond acceptors (Lipinski definition) is 6. The number of aromatic nitrogens is 4. The zero-order valence-corrected chi connectivity index (χ0v) is 16.8. The van der Waals surface area contributed by atoms with E-state index in [1.54, 1.807) is 38.6 Å². The first-order chi connectivity index (χ1) is 14.6. The molecule has 0 spiro atoms. The van der Waals surface area contributed by atoms with Crippen LogP contribution in [0.5, 0.6) is 17.2 Å². The molecule has 0 unspecified atom stereocenters. The monoisotopic (exact) mass is 407 g/mol. The van der Waals surface area contributed by atoms with Gasteiger partial charge in [0, 0.05) is 13.2 Å². The number of carbonyl (C=O) groups is 1. The molecule has 4 aromatic rings. The van der Waals surface area contributed by atoms with Gasteiger partial charge in [-0.15, -0.1) is 0 Å². The molecule has 0 aliphatic rings. The van der Waals surface area contributed by atoms with Crippen molar-refractivity contribution in [2.24, 2.45) is 7.05 Å². The third kappa shape index (κ3) is 3.64. The third-order valence-corrected chi connectivity index (χ3v) is 4.61. The van der Waals surface area contributed by atoms with E-state index in [0.29, 0.717) is 23.2 Å². The van der Waals surface area contributed by atoms with Gasteiger partial charge in [0.05, 0.1) is 25.3 Å². The van der Waals surface area contributed by atoms with Crippen LogP contribution in [-0.2, 0) is 13.8 Å². The minimum absolute atomic E-state index is 0.0797. The van der Waals surface area contributed by atoms with Crippen LogP contribution in [0.3, 0.4) is 0 Å². The lowest BCUT2D eigenvalue weighted by Gasteiger charge is -2.13. The molecule has 0 saturated heterocycles. The Bertz CT molecular complexity index is 1180. The fraction of sp³-hybridized carbons (Fsp3) is 0.190. The number of anilines is 1. The number of rotatable bonds is 7. The highest BCUT2D eigenvalue weighted by molar-refractivity contribution is 6.02. The first kappa shape index (κ1) is 19.3. The number of carbonyl (C=O) groups excluding carboxylic acids is 1. The van der Waals surface area contributed by atoms with Gasteiger partial charge in [-0.3, -0.25) is 10.1 Å². The highest BCUT2D eigenvalue weighted by Gasteiger charge is 2.16. The summed E-state index contributed by atoms with van der Waals surface area (Å²) < 4.78 is 19.8. The maximum absolute atomic E-state index is 12.6. The van der Waals surface area contributed by atoms with Crippen molar-refractivity contribution in [3.63, 3.8) is 0 Å². The lowest BCUT2D eigenvalue weighted by molar-refractivity contribution is 0.101. The number of benzene rings is 2. The topological polar surface area (TPSA) is 92.4 Å². The molecule has 0 radical (unpaired) electrons. The number of nitrogens with one attached hydrogen (secondary N) is 1. The molecule has 1 amide bonds. The summed E-state index contributed by atoms with van der Waals surface area (Å²) in [7, 11) is 4.95. The Morgan fingerprint density at radius 1 is 1.03 bits per heavy atom. The molecule has 9 nitrogen and oxygen atoms in total. The van der Waals surface area contributed by atoms with Crippen LogP contribution in [0, 0.1) is 0 Å². The predicted octanol–water partition coefficient (Wildman–Crippen LogP) is 3.08. The van der Waals surface area contributed by atoms with Gasteiger partial charge in [-0.05, 0) is 30.3 Å². The molecule has 9 heteroatoms. The van der Waals surface area contributed by atoms with E-state index < -0.39 is 0 Å². The molecule has 0 atom stereocenters. The number of hydrogen-bond donors (Lipinski definition) is 1. The Morgan fingerprint density at radius 2 is 1.77 bits per heavy atom. The van der Waals surface area contributed by atoms with Gasteiger partial charge in [0.15, 0.2) is 23.9 Å². The van der Waals surface area contributed by atoms with Gasteiger partial charge in [0.1, 0.15) is 0 Å². The Hall–Kier alpha value is -4.01. The first-order valence-corrected chi connectivity index (χ1v) is 9.20. The molecule has 0 saturated carbocycles. The quantitative estimate of drug-likeness (QED) is 0.506. The van der Waals surface area contributed by atoms with Gasteiger partial charge in [-0.25, -0.2) is 9.67 Å². The van der Waals surface area contributed by atoms with Crippen molar-refractivity contribution in [3.8, 4) is 17.2 Å². The lowest BCUT2D eigenvalue weighted by atomic mass is 10.3. The summed E-state index contributed by atoms with van der Waals surface area (Å²) >= 11 is 0. The fourth-order valence-electron chi connectivity index (χ4n) is 3.07. The smallest absolute Gasteiger partial charge is 0.278 e. The van der Waals surface area contributed by atoms with E-state index in [2.05, 4.69) is 15.4 Å². The molecular formula is C21H21N5O4. The van der Waals surface area contributed by atoms with Crippen LogP contribution < -0.4 is 19.5 Å². The van der Waals surface area contributed by atoms with Crippen LogP contribution in [-0.4, -0.2) is 39.5 Å². The number of ether oxygens (including phenoxy) is 3. The molecule has 2 aromatic carbocycles. The summed E-state index contributed by atoms with van der Waals surface area (Å²) in [5, 5.41) is 7.07.